The van der Waals surface area contributed by atoms with E-state index < -0.39 is 0 Å². The van der Waals surface area contributed by atoms with Crippen LogP contribution in [0.2, 0.25) is 0 Å². The molecule has 0 saturated carbocycles. The van der Waals surface area contributed by atoms with E-state index in [0.717, 1.165) is 15.8 Å². The van der Waals surface area contributed by atoms with Gasteiger partial charge in [-0.3, -0.25) is 4.79 Å². The highest BCUT2D eigenvalue weighted by Gasteiger charge is 2.18. The zero-order valence-corrected chi connectivity index (χ0v) is 16.3. The molecule has 0 fully saturated rings. The van der Waals surface area contributed by atoms with Gasteiger partial charge in [0, 0.05) is 6.54 Å². The number of carbonyl (C=O) groups excluding carboxylic acids is 1. The summed E-state index contributed by atoms with van der Waals surface area (Å²) in [6, 6.07) is 22.6. The molecule has 4 rings (SSSR count). The number of thiophene rings is 1. The van der Waals surface area contributed by atoms with Crippen LogP contribution < -0.4 is 5.32 Å². The quantitative estimate of drug-likeness (QED) is 0.488. The zero-order chi connectivity index (χ0) is 18.8. The second-order valence-electron chi connectivity index (χ2n) is 6.88. The van der Waals surface area contributed by atoms with Crippen LogP contribution in [0, 0.1) is 6.92 Å². The highest BCUT2D eigenvalue weighted by Crippen LogP contribution is 2.27. The van der Waals surface area contributed by atoms with E-state index >= 15 is 0 Å². The Morgan fingerprint density at radius 1 is 1.07 bits per heavy atom. The molecule has 2 aromatic carbocycles. The minimum atomic E-state index is -0.0422. The molecule has 1 N–H and O–H groups in total. The van der Waals surface area contributed by atoms with Gasteiger partial charge in [-0.15, -0.1) is 11.3 Å². The minimum absolute atomic E-state index is 0.0399. The number of rotatable bonds is 5. The molecule has 2 heterocycles. The van der Waals surface area contributed by atoms with Crippen LogP contribution in [0.15, 0.2) is 72.1 Å². The summed E-state index contributed by atoms with van der Waals surface area (Å²) in [5.74, 6) is -0.0399. The number of hydrogen-bond donors (Lipinski definition) is 1. The molecule has 0 aliphatic rings. The topological polar surface area (TPSA) is 34.0 Å². The molecule has 0 spiro atoms. The minimum Gasteiger partial charge on any atom is -0.344 e. The first-order valence-electron chi connectivity index (χ1n) is 9.10. The van der Waals surface area contributed by atoms with Gasteiger partial charge in [0.05, 0.1) is 16.3 Å². The third-order valence-electron chi connectivity index (χ3n) is 4.86. The summed E-state index contributed by atoms with van der Waals surface area (Å²) in [5.41, 5.74) is 5.35. The van der Waals surface area contributed by atoms with Crippen LogP contribution in [0.25, 0.3) is 10.2 Å². The fraction of sp³-hybridized carbons (Fsp3) is 0.174. The Labute approximate surface area is 163 Å². The number of hydrogen-bond acceptors (Lipinski definition) is 2. The van der Waals surface area contributed by atoms with Crippen LogP contribution in [0.4, 0.5) is 0 Å². The van der Waals surface area contributed by atoms with Crippen LogP contribution in [0.3, 0.4) is 0 Å². The number of benzene rings is 2. The average molecular weight is 375 g/mol. The highest BCUT2D eigenvalue weighted by atomic mass is 32.1. The van der Waals surface area contributed by atoms with Crippen LogP contribution >= 0.6 is 11.3 Å². The first-order chi connectivity index (χ1) is 13.1. The van der Waals surface area contributed by atoms with Crippen LogP contribution in [0.1, 0.15) is 40.1 Å². The Bertz CT molecular complexity index is 1060. The summed E-state index contributed by atoms with van der Waals surface area (Å²) < 4.78 is 3.25. The summed E-state index contributed by atoms with van der Waals surface area (Å²) in [4.78, 5) is 13.0. The van der Waals surface area contributed by atoms with Crippen molar-refractivity contribution in [1.82, 2.24) is 9.88 Å². The van der Waals surface area contributed by atoms with Crippen LogP contribution in [-0.2, 0) is 6.54 Å². The molecule has 4 aromatic rings. The fourth-order valence-corrected chi connectivity index (χ4v) is 4.13. The lowest BCUT2D eigenvalue weighted by atomic mass is 10.1. The summed E-state index contributed by atoms with van der Waals surface area (Å²) in [7, 11) is 0. The van der Waals surface area contributed by atoms with E-state index in [9.17, 15) is 4.79 Å². The second kappa shape index (κ2) is 7.41. The monoisotopic (exact) mass is 374 g/mol. The van der Waals surface area contributed by atoms with Crippen molar-refractivity contribution >= 4 is 27.5 Å². The number of nitrogens with zero attached hydrogens (tertiary/aromatic N) is 1. The average Bonchev–Trinajstić information content (AvgIpc) is 3.27. The number of aromatic nitrogens is 1. The first-order valence-corrected chi connectivity index (χ1v) is 9.98. The molecule has 3 nitrogen and oxygen atoms in total. The lowest BCUT2D eigenvalue weighted by molar-refractivity contribution is 0.0931. The number of carbonyl (C=O) groups is 1. The van der Waals surface area contributed by atoms with Gasteiger partial charge in [0.15, 0.2) is 0 Å². The van der Waals surface area contributed by atoms with E-state index in [1.165, 1.54) is 11.1 Å². The molecular formula is C23H22N2OS. The van der Waals surface area contributed by atoms with Crippen molar-refractivity contribution in [3.05, 3.63) is 94.5 Å². The Balaban J connectivity index is 1.63. The third kappa shape index (κ3) is 3.67. The van der Waals surface area contributed by atoms with Gasteiger partial charge in [-0.1, -0.05) is 60.2 Å². The van der Waals surface area contributed by atoms with Crippen molar-refractivity contribution in [2.45, 2.75) is 26.4 Å². The van der Waals surface area contributed by atoms with E-state index in [4.69, 9.17) is 0 Å². The summed E-state index contributed by atoms with van der Waals surface area (Å²) >= 11 is 1.67. The number of amides is 1. The SMILES string of the molecule is Cc1ccc(Cn2c(C(=O)NC(C)c3ccccc3)cc3sccc32)cc1. The molecule has 27 heavy (non-hydrogen) atoms. The molecule has 2 aromatic heterocycles. The Morgan fingerprint density at radius 2 is 1.81 bits per heavy atom. The summed E-state index contributed by atoms with van der Waals surface area (Å²) in [6.07, 6.45) is 0. The molecule has 0 aliphatic carbocycles. The molecule has 1 atom stereocenters. The molecule has 0 bridgehead atoms. The predicted octanol–water partition coefficient (Wildman–Crippen LogP) is 5.55. The predicted molar refractivity (Wildman–Crippen MR) is 112 cm³/mol. The van der Waals surface area contributed by atoms with Gasteiger partial charge in [-0.25, -0.2) is 0 Å². The highest BCUT2D eigenvalue weighted by molar-refractivity contribution is 7.17. The van der Waals surface area contributed by atoms with Crippen molar-refractivity contribution in [1.29, 1.82) is 0 Å². The standard InChI is InChI=1S/C23H22N2OS/c1-16-8-10-18(11-9-16)15-25-20-12-13-27-22(20)14-21(25)23(26)24-17(2)19-6-4-3-5-7-19/h3-14,17H,15H2,1-2H3,(H,24,26). The van der Waals surface area contributed by atoms with Crippen LogP contribution in [-0.4, -0.2) is 10.5 Å². The van der Waals surface area contributed by atoms with E-state index in [1.807, 2.05) is 43.3 Å². The molecular weight excluding hydrogens is 352 g/mol. The normalized spacial score (nSPS) is 12.2. The summed E-state index contributed by atoms with van der Waals surface area (Å²) in [6.45, 7) is 4.78. The Kier molecular flexibility index (Phi) is 4.82. The molecule has 0 saturated heterocycles. The summed E-state index contributed by atoms with van der Waals surface area (Å²) in [5, 5.41) is 5.22. The van der Waals surface area contributed by atoms with Gasteiger partial charge in [0.1, 0.15) is 5.69 Å². The third-order valence-corrected chi connectivity index (χ3v) is 5.72. The maximum Gasteiger partial charge on any atom is 0.268 e. The van der Waals surface area contributed by atoms with Crippen molar-refractivity contribution in [3.8, 4) is 0 Å². The zero-order valence-electron chi connectivity index (χ0n) is 15.5. The maximum absolute atomic E-state index is 13.0. The van der Waals surface area contributed by atoms with Gasteiger partial charge < -0.3 is 9.88 Å². The van der Waals surface area contributed by atoms with Gasteiger partial charge in [0.25, 0.3) is 5.91 Å². The molecule has 4 heteroatoms. The van der Waals surface area contributed by atoms with Gasteiger partial charge in [-0.2, -0.15) is 0 Å². The molecule has 1 unspecified atom stereocenters. The fourth-order valence-electron chi connectivity index (χ4n) is 3.31. The number of aryl methyl sites for hydroxylation is 1. The van der Waals surface area contributed by atoms with Gasteiger partial charge in [-0.05, 0) is 42.5 Å². The smallest absolute Gasteiger partial charge is 0.268 e. The first kappa shape index (κ1) is 17.6. The molecule has 0 aliphatic heterocycles. The van der Waals surface area contributed by atoms with E-state index in [2.05, 4.69) is 52.5 Å². The Hall–Kier alpha value is -2.85. The second-order valence-corrected chi connectivity index (χ2v) is 7.82. The molecule has 136 valence electrons. The Morgan fingerprint density at radius 3 is 2.56 bits per heavy atom. The van der Waals surface area contributed by atoms with E-state index in [1.54, 1.807) is 11.3 Å². The number of fused-ring (bicyclic) bond motifs is 1. The molecule has 0 radical (unpaired) electrons. The molecule has 1 amide bonds. The largest absolute Gasteiger partial charge is 0.344 e. The van der Waals surface area contributed by atoms with Crippen molar-refractivity contribution < 1.29 is 4.79 Å². The van der Waals surface area contributed by atoms with Gasteiger partial charge in [0.2, 0.25) is 0 Å². The number of nitrogens with one attached hydrogen (secondary N) is 1. The van der Waals surface area contributed by atoms with Crippen LogP contribution in [0.5, 0.6) is 0 Å². The van der Waals surface area contributed by atoms with E-state index in [0.29, 0.717) is 12.2 Å². The lowest BCUT2D eigenvalue weighted by Gasteiger charge is -2.16. The van der Waals surface area contributed by atoms with Crippen molar-refractivity contribution in [2.24, 2.45) is 0 Å². The van der Waals surface area contributed by atoms with Gasteiger partial charge >= 0.3 is 0 Å². The maximum atomic E-state index is 13.0. The lowest BCUT2D eigenvalue weighted by Crippen LogP contribution is -2.28. The van der Waals surface area contributed by atoms with Crippen molar-refractivity contribution in [2.75, 3.05) is 0 Å². The van der Waals surface area contributed by atoms with E-state index in [-0.39, 0.29) is 11.9 Å². The van der Waals surface area contributed by atoms with Crippen molar-refractivity contribution in [3.63, 3.8) is 0 Å².